The number of hydrogen-bond donors (Lipinski definition) is 1. The van der Waals surface area contributed by atoms with E-state index in [-0.39, 0.29) is 5.82 Å². The van der Waals surface area contributed by atoms with Crippen LogP contribution in [0.1, 0.15) is 20.3 Å². The fourth-order valence-corrected chi connectivity index (χ4v) is 2.62. The van der Waals surface area contributed by atoms with Crippen LogP contribution in [0.4, 0.5) is 10.1 Å². The zero-order valence-electron chi connectivity index (χ0n) is 10.9. The van der Waals surface area contributed by atoms with Crippen molar-refractivity contribution in [2.75, 3.05) is 24.5 Å². The smallest absolute Gasteiger partial charge is 0.126 e. The summed E-state index contributed by atoms with van der Waals surface area (Å²) in [5, 5.41) is 3.99. The van der Waals surface area contributed by atoms with Gasteiger partial charge in [0.15, 0.2) is 0 Å². The second kappa shape index (κ2) is 5.89. The average Bonchev–Trinajstić information content (AvgIpc) is 2.37. The van der Waals surface area contributed by atoms with Gasteiger partial charge in [0.1, 0.15) is 5.82 Å². The van der Waals surface area contributed by atoms with Gasteiger partial charge < -0.3 is 10.2 Å². The number of nitrogens with one attached hydrogen (secondary N) is 1. The minimum absolute atomic E-state index is 0.267. The van der Waals surface area contributed by atoms with Crippen molar-refractivity contribution in [1.29, 1.82) is 0 Å². The third-order valence-corrected chi connectivity index (χ3v) is 3.97. The molecule has 2 rings (SSSR count). The summed E-state index contributed by atoms with van der Waals surface area (Å²) in [7, 11) is 0. The summed E-state index contributed by atoms with van der Waals surface area (Å²) in [5.74, 6) is 0.355. The summed E-state index contributed by atoms with van der Waals surface area (Å²) in [5.41, 5.74) is 0.884. The molecule has 0 aliphatic carbocycles. The van der Waals surface area contributed by atoms with E-state index in [9.17, 15) is 4.39 Å². The molecule has 0 saturated carbocycles. The Bertz CT molecular complexity index is 391. The zero-order valence-corrected chi connectivity index (χ0v) is 11.7. The first-order valence-electron chi connectivity index (χ1n) is 6.54. The molecule has 1 aliphatic rings. The second-order valence-electron chi connectivity index (χ2n) is 5.02. The first-order chi connectivity index (χ1) is 8.60. The van der Waals surface area contributed by atoms with Crippen LogP contribution in [0.3, 0.4) is 0 Å². The quantitative estimate of drug-likeness (QED) is 0.907. The highest BCUT2D eigenvalue weighted by Gasteiger charge is 2.23. The Labute approximate surface area is 113 Å². The topological polar surface area (TPSA) is 15.3 Å². The summed E-state index contributed by atoms with van der Waals surface area (Å²) in [4.78, 5) is 2.21. The van der Waals surface area contributed by atoms with Crippen molar-refractivity contribution in [1.82, 2.24) is 5.32 Å². The second-order valence-corrected chi connectivity index (χ2v) is 5.46. The Morgan fingerprint density at radius 3 is 2.94 bits per heavy atom. The lowest BCUT2D eigenvalue weighted by atomic mass is 9.97. The van der Waals surface area contributed by atoms with E-state index in [1.165, 1.54) is 6.07 Å². The Kier molecular flexibility index (Phi) is 4.46. The third kappa shape index (κ3) is 3.15. The molecule has 18 heavy (non-hydrogen) atoms. The van der Waals surface area contributed by atoms with Crippen molar-refractivity contribution in [3.63, 3.8) is 0 Å². The van der Waals surface area contributed by atoms with Gasteiger partial charge in [-0.2, -0.15) is 0 Å². The molecule has 1 aliphatic heterocycles. The van der Waals surface area contributed by atoms with Crippen molar-refractivity contribution in [3.8, 4) is 0 Å². The maximum absolute atomic E-state index is 13.4. The van der Waals surface area contributed by atoms with Gasteiger partial charge in [-0.1, -0.05) is 31.9 Å². The lowest BCUT2D eigenvalue weighted by Gasteiger charge is -2.38. The van der Waals surface area contributed by atoms with Crippen LogP contribution in [0.25, 0.3) is 0 Å². The van der Waals surface area contributed by atoms with Crippen LogP contribution >= 0.6 is 11.6 Å². The molecule has 1 fully saturated rings. The Balaban J connectivity index is 2.12. The van der Waals surface area contributed by atoms with Crippen LogP contribution < -0.4 is 10.2 Å². The highest BCUT2D eigenvalue weighted by atomic mass is 35.5. The van der Waals surface area contributed by atoms with Crippen molar-refractivity contribution < 1.29 is 4.39 Å². The number of nitrogens with zero attached hydrogens (tertiary/aromatic N) is 1. The molecule has 1 saturated heterocycles. The van der Waals surface area contributed by atoms with Crippen LogP contribution in [0, 0.1) is 11.7 Å². The lowest BCUT2D eigenvalue weighted by Crippen LogP contribution is -2.53. The number of anilines is 1. The van der Waals surface area contributed by atoms with Gasteiger partial charge in [0, 0.05) is 36.4 Å². The van der Waals surface area contributed by atoms with E-state index in [1.807, 2.05) is 6.07 Å². The number of halogens is 2. The summed E-state index contributed by atoms with van der Waals surface area (Å²) < 4.78 is 13.4. The van der Waals surface area contributed by atoms with Crippen LogP contribution in [0.2, 0.25) is 5.02 Å². The van der Waals surface area contributed by atoms with E-state index in [2.05, 4.69) is 24.1 Å². The molecule has 100 valence electrons. The summed E-state index contributed by atoms with van der Waals surface area (Å²) in [6, 6.07) is 5.21. The molecule has 2 atom stereocenters. The standard InChI is InChI=1S/C14H20ClFN2/c1-3-10(2)14-9-18(5-4-17-14)13-7-11(15)6-12(16)8-13/h6-8,10,14,17H,3-5,9H2,1-2H3. The minimum Gasteiger partial charge on any atom is -0.369 e. The Morgan fingerprint density at radius 2 is 2.28 bits per heavy atom. The SMILES string of the molecule is CCC(C)C1CN(c2cc(F)cc(Cl)c2)CCN1. The molecule has 4 heteroatoms. The largest absolute Gasteiger partial charge is 0.369 e. The van der Waals surface area contributed by atoms with Crippen molar-refractivity contribution in [3.05, 3.63) is 29.0 Å². The summed E-state index contributed by atoms with van der Waals surface area (Å²) in [6.45, 7) is 7.19. The first-order valence-corrected chi connectivity index (χ1v) is 6.92. The molecule has 0 bridgehead atoms. The zero-order chi connectivity index (χ0) is 13.1. The van der Waals surface area contributed by atoms with E-state index in [1.54, 1.807) is 6.07 Å². The summed E-state index contributed by atoms with van der Waals surface area (Å²) in [6.07, 6.45) is 1.15. The van der Waals surface area contributed by atoms with Gasteiger partial charge in [0.25, 0.3) is 0 Å². The first kappa shape index (κ1) is 13.6. The van der Waals surface area contributed by atoms with E-state index in [4.69, 9.17) is 11.6 Å². The molecule has 1 aromatic rings. The predicted octanol–water partition coefficient (Wildman–Crippen LogP) is 3.30. The number of benzene rings is 1. The molecule has 1 N–H and O–H groups in total. The maximum atomic E-state index is 13.4. The summed E-state index contributed by atoms with van der Waals surface area (Å²) >= 11 is 5.91. The van der Waals surface area contributed by atoms with Crippen LogP contribution in [-0.2, 0) is 0 Å². The number of rotatable bonds is 3. The van der Waals surface area contributed by atoms with Gasteiger partial charge in [-0.05, 0) is 24.1 Å². The van der Waals surface area contributed by atoms with Crippen molar-refractivity contribution in [2.24, 2.45) is 5.92 Å². The molecular weight excluding hydrogens is 251 g/mol. The van der Waals surface area contributed by atoms with Gasteiger partial charge in [-0.15, -0.1) is 0 Å². The molecule has 1 aromatic carbocycles. The van der Waals surface area contributed by atoms with E-state index < -0.39 is 0 Å². The van der Waals surface area contributed by atoms with Crippen LogP contribution in [-0.4, -0.2) is 25.7 Å². The van der Waals surface area contributed by atoms with E-state index in [0.29, 0.717) is 17.0 Å². The van der Waals surface area contributed by atoms with Crippen LogP contribution in [0.15, 0.2) is 18.2 Å². The molecule has 0 radical (unpaired) electrons. The number of hydrogen-bond acceptors (Lipinski definition) is 2. The highest BCUT2D eigenvalue weighted by molar-refractivity contribution is 6.30. The van der Waals surface area contributed by atoms with Gasteiger partial charge in [0.05, 0.1) is 0 Å². The highest BCUT2D eigenvalue weighted by Crippen LogP contribution is 2.24. The van der Waals surface area contributed by atoms with Gasteiger partial charge in [0.2, 0.25) is 0 Å². The van der Waals surface area contributed by atoms with Crippen LogP contribution in [0.5, 0.6) is 0 Å². The maximum Gasteiger partial charge on any atom is 0.126 e. The van der Waals surface area contributed by atoms with E-state index in [0.717, 1.165) is 31.7 Å². The molecule has 0 aromatic heterocycles. The lowest BCUT2D eigenvalue weighted by molar-refractivity contribution is 0.341. The Morgan fingerprint density at radius 1 is 1.50 bits per heavy atom. The molecule has 2 unspecified atom stereocenters. The van der Waals surface area contributed by atoms with Crippen molar-refractivity contribution in [2.45, 2.75) is 26.3 Å². The van der Waals surface area contributed by atoms with Gasteiger partial charge in [-0.25, -0.2) is 4.39 Å². The van der Waals surface area contributed by atoms with Crippen molar-refractivity contribution >= 4 is 17.3 Å². The average molecular weight is 271 g/mol. The minimum atomic E-state index is -0.267. The molecule has 0 spiro atoms. The monoisotopic (exact) mass is 270 g/mol. The van der Waals surface area contributed by atoms with Gasteiger partial charge >= 0.3 is 0 Å². The predicted molar refractivity (Wildman–Crippen MR) is 74.9 cm³/mol. The molecule has 1 heterocycles. The number of piperazine rings is 1. The molecule has 0 amide bonds. The third-order valence-electron chi connectivity index (χ3n) is 3.75. The van der Waals surface area contributed by atoms with Gasteiger partial charge in [-0.3, -0.25) is 0 Å². The fourth-order valence-electron chi connectivity index (χ4n) is 2.40. The molecular formula is C14H20ClFN2. The normalized spacial score (nSPS) is 22.0. The fraction of sp³-hybridized carbons (Fsp3) is 0.571. The molecule has 2 nitrogen and oxygen atoms in total. The van der Waals surface area contributed by atoms with E-state index >= 15 is 0 Å². The Hall–Kier alpha value is -0.800.